The van der Waals surface area contributed by atoms with Crippen molar-refractivity contribution in [1.29, 1.82) is 0 Å². The number of sulfone groups is 1. The van der Waals surface area contributed by atoms with E-state index in [1.807, 2.05) is 24.3 Å². The number of nitrogens with two attached hydrogens (primary N) is 1. The average Bonchev–Trinajstić information content (AvgIpc) is 3.01. The molecule has 0 bridgehead atoms. The first-order valence-corrected chi connectivity index (χ1v) is 9.14. The third kappa shape index (κ3) is 2.52. The Labute approximate surface area is 132 Å². The molecule has 1 aliphatic carbocycles. The Hall–Kier alpha value is -0.500. The Kier molecular flexibility index (Phi) is 4.26. The van der Waals surface area contributed by atoms with Gasteiger partial charge in [-0.15, -0.1) is 0 Å². The van der Waals surface area contributed by atoms with E-state index in [4.69, 9.17) is 22.7 Å². The molecule has 2 N–H and O–H groups in total. The first-order valence-electron chi connectivity index (χ1n) is 5.98. The Morgan fingerprint density at radius 1 is 1.45 bits per heavy atom. The van der Waals surface area contributed by atoms with Gasteiger partial charge in [0.2, 0.25) is 0 Å². The molecule has 1 saturated carbocycles. The summed E-state index contributed by atoms with van der Waals surface area (Å²) in [5.41, 5.74) is 5.95. The number of rotatable bonds is 5. The van der Waals surface area contributed by atoms with Crippen molar-refractivity contribution in [3.63, 3.8) is 0 Å². The van der Waals surface area contributed by atoms with E-state index in [9.17, 15) is 8.42 Å². The van der Waals surface area contributed by atoms with E-state index in [1.165, 1.54) is 13.4 Å². The van der Waals surface area contributed by atoms with E-state index in [0.717, 1.165) is 10.0 Å². The van der Waals surface area contributed by atoms with Crippen LogP contribution in [0.3, 0.4) is 0 Å². The summed E-state index contributed by atoms with van der Waals surface area (Å²) in [6.45, 7) is 0.209. The zero-order valence-electron chi connectivity index (χ0n) is 11.2. The summed E-state index contributed by atoms with van der Waals surface area (Å²) in [6, 6.07) is 7.54. The molecule has 7 heteroatoms. The summed E-state index contributed by atoms with van der Waals surface area (Å²) >= 11 is 8.50. The van der Waals surface area contributed by atoms with Crippen LogP contribution in [0, 0.1) is 5.41 Å². The lowest BCUT2D eigenvalue weighted by molar-refractivity contribution is 0.166. The maximum atomic E-state index is 12.1. The quantitative estimate of drug-likeness (QED) is 0.793. The van der Waals surface area contributed by atoms with Gasteiger partial charge in [0.25, 0.3) is 0 Å². The van der Waals surface area contributed by atoms with Gasteiger partial charge in [-0.05, 0) is 17.7 Å². The molecular formula is C13H16BrNO3S2. The van der Waals surface area contributed by atoms with Crippen LogP contribution in [0.25, 0.3) is 0 Å². The van der Waals surface area contributed by atoms with Gasteiger partial charge in [0.1, 0.15) is 0 Å². The molecule has 1 fully saturated rings. The summed E-state index contributed by atoms with van der Waals surface area (Å²) in [7, 11) is -1.75. The van der Waals surface area contributed by atoms with Crippen molar-refractivity contribution in [3.8, 4) is 0 Å². The van der Waals surface area contributed by atoms with Crippen molar-refractivity contribution in [3.05, 3.63) is 34.3 Å². The third-order valence-corrected chi connectivity index (χ3v) is 6.31. The number of ether oxygens (including phenoxy) is 1. The first kappa shape index (κ1) is 15.9. The summed E-state index contributed by atoms with van der Waals surface area (Å²) in [6.07, 6.45) is 1.22. The predicted molar refractivity (Wildman–Crippen MR) is 86.6 cm³/mol. The number of hydrogen-bond acceptors (Lipinski definition) is 4. The molecule has 0 unspecified atom stereocenters. The largest absolute Gasteiger partial charge is 0.393 e. The molecule has 3 atom stereocenters. The molecule has 0 amide bonds. The summed E-state index contributed by atoms with van der Waals surface area (Å²) in [4.78, 5) is 0.197. The highest BCUT2D eigenvalue weighted by Gasteiger charge is 2.71. The van der Waals surface area contributed by atoms with E-state index < -0.39 is 20.5 Å². The summed E-state index contributed by atoms with van der Waals surface area (Å²) in [5.74, 6) is -0.247. The van der Waals surface area contributed by atoms with Gasteiger partial charge in [0, 0.05) is 23.8 Å². The van der Waals surface area contributed by atoms with Gasteiger partial charge in [0.15, 0.2) is 9.84 Å². The van der Waals surface area contributed by atoms with Crippen LogP contribution in [-0.4, -0.2) is 38.6 Å². The normalized spacial score (nSPS) is 29.1. The van der Waals surface area contributed by atoms with E-state index in [1.54, 1.807) is 0 Å². The first-order chi connectivity index (χ1) is 9.25. The fraction of sp³-hybridized carbons (Fsp3) is 0.462. The fourth-order valence-electron chi connectivity index (χ4n) is 2.95. The zero-order valence-corrected chi connectivity index (χ0v) is 14.4. The van der Waals surface area contributed by atoms with Gasteiger partial charge >= 0.3 is 0 Å². The van der Waals surface area contributed by atoms with E-state index in [0.29, 0.717) is 0 Å². The lowest BCUT2D eigenvalue weighted by Crippen LogP contribution is -2.32. The molecule has 20 heavy (non-hydrogen) atoms. The second kappa shape index (κ2) is 5.36. The van der Waals surface area contributed by atoms with Gasteiger partial charge in [-0.1, -0.05) is 40.3 Å². The number of thiocarbonyl (C=S) groups is 1. The number of hydrogen-bond donors (Lipinski definition) is 1. The van der Waals surface area contributed by atoms with Crippen LogP contribution in [0.15, 0.2) is 28.7 Å². The van der Waals surface area contributed by atoms with Crippen molar-refractivity contribution in [2.75, 3.05) is 20.0 Å². The van der Waals surface area contributed by atoms with E-state index >= 15 is 0 Å². The molecule has 1 aromatic rings. The molecule has 2 rings (SSSR count). The van der Waals surface area contributed by atoms with Gasteiger partial charge in [-0.25, -0.2) is 8.42 Å². The van der Waals surface area contributed by atoms with Crippen molar-refractivity contribution >= 4 is 43.0 Å². The second-order valence-corrected chi connectivity index (χ2v) is 8.64. The monoisotopic (exact) mass is 377 g/mol. The SMILES string of the molecule is COC[C@@]1(C(N)=S)[C@H](S(C)(=O)=O)[C@@H]1c1ccc(Br)cc1. The van der Waals surface area contributed by atoms with Crippen molar-refractivity contribution in [2.24, 2.45) is 11.1 Å². The van der Waals surface area contributed by atoms with Crippen molar-refractivity contribution < 1.29 is 13.2 Å². The van der Waals surface area contributed by atoms with Crippen molar-refractivity contribution in [2.45, 2.75) is 11.2 Å². The second-order valence-electron chi connectivity index (χ2n) is 5.12. The Morgan fingerprint density at radius 3 is 2.40 bits per heavy atom. The lowest BCUT2D eigenvalue weighted by Gasteiger charge is -2.15. The molecule has 0 aromatic heterocycles. The Balaban J connectivity index is 2.49. The van der Waals surface area contributed by atoms with Crippen LogP contribution < -0.4 is 5.73 Å². The highest BCUT2D eigenvalue weighted by molar-refractivity contribution is 9.10. The maximum Gasteiger partial charge on any atom is 0.152 e. The number of methoxy groups -OCH3 is 1. The highest BCUT2D eigenvalue weighted by atomic mass is 79.9. The van der Waals surface area contributed by atoms with Gasteiger partial charge in [0.05, 0.1) is 22.3 Å². The van der Waals surface area contributed by atoms with Crippen molar-refractivity contribution in [1.82, 2.24) is 0 Å². The van der Waals surface area contributed by atoms with Gasteiger partial charge in [-0.3, -0.25) is 0 Å². The van der Waals surface area contributed by atoms with Gasteiger partial charge < -0.3 is 10.5 Å². The smallest absolute Gasteiger partial charge is 0.152 e. The third-order valence-electron chi connectivity index (χ3n) is 3.79. The minimum atomic E-state index is -3.27. The summed E-state index contributed by atoms with van der Waals surface area (Å²) < 4.78 is 30.2. The van der Waals surface area contributed by atoms with Crippen LogP contribution >= 0.6 is 28.1 Å². The molecule has 0 saturated heterocycles. The molecule has 1 aliphatic rings. The van der Waals surface area contributed by atoms with Crippen LogP contribution in [-0.2, 0) is 14.6 Å². The molecular weight excluding hydrogens is 362 g/mol. The average molecular weight is 378 g/mol. The number of halogens is 1. The molecule has 0 radical (unpaired) electrons. The maximum absolute atomic E-state index is 12.1. The molecule has 0 aliphatic heterocycles. The lowest BCUT2D eigenvalue weighted by atomic mass is 10.00. The van der Waals surface area contributed by atoms with Crippen LogP contribution in [0.2, 0.25) is 0 Å². The topological polar surface area (TPSA) is 69.4 Å². The zero-order chi connectivity index (χ0) is 15.1. The molecule has 0 spiro atoms. The van der Waals surface area contributed by atoms with E-state index in [-0.39, 0.29) is 17.5 Å². The standard InChI is InChI=1S/C13H16BrNO3S2/c1-18-7-13(12(15)19)10(11(13)20(2,16)17)8-3-5-9(14)6-4-8/h3-6,10-11H,7H2,1-2H3,(H2,15,19)/t10-,11+,13-/m0/s1. The van der Waals surface area contributed by atoms with Crippen LogP contribution in [0.1, 0.15) is 11.5 Å². The fourth-order valence-corrected chi connectivity index (χ4v) is 5.52. The van der Waals surface area contributed by atoms with E-state index in [2.05, 4.69) is 15.9 Å². The molecule has 110 valence electrons. The van der Waals surface area contributed by atoms with Crippen LogP contribution in [0.5, 0.6) is 0 Å². The van der Waals surface area contributed by atoms with Crippen LogP contribution in [0.4, 0.5) is 0 Å². The predicted octanol–water partition coefficient (Wildman–Crippen LogP) is 1.88. The molecule has 4 nitrogen and oxygen atoms in total. The molecule has 1 aromatic carbocycles. The minimum Gasteiger partial charge on any atom is -0.393 e. The Morgan fingerprint density at radius 2 is 2.00 bits per heavy atom. The highest BCUT2D eigenvalue weighted by Crippen LogP contribution is 2.63. The Bertz CT molecular complexity index is 630. The molecule has 0 heterocycles. The summed E-state index contributed by atoms with van der Waals surface area (Å²) in [5, 5.41) is -0.617. The van der Waals surface area contributed by atoms with Gasteiger partial charge in [-0.2, -0.15) is 0 Å². The minimum absolute atomic E-state index is 0.197. The number of benzene rings is 1.